The van der Waals surface area contributed by atoms with Crippen LogP contribution in [0.4, 0.5) is 11.4 Å². The Hall–Kier alpha value is -3.87. The van der Waals surface area contributed by atoms with E-state index in [2.05, 4.69) is 0 Å². The Morgan fingerprint density at radius 3 is 2.61 bits per heavy atom. The number of carboxylic acid groups (broad SMARTS) is 1. The van der Waals surface area contributed by atoms with Crippen LogP contribution in [0.5, 0.6) is 5.75 Å². The summed E-state index contributed by atoms with van der Waals surface area (Å²) in [5.74, 6) is -0.769. The van der Waals surface area contributed by atoms with Crippen molar-refractivity contribution in [3.8, 4) is 5.75 Å². The van der Waals surface area contributed by atoms with E-state index in [1.165, 1.54) is 6.07 Å². The van der Waals surface area contributed by atoms with Gasteiger partial charge in [-0.3, -0.25) is 10.1 Å². The number of nitro groups is 1. The van der Waals surface area contributed by atoms with Crippen LogP contribution < -0.4 is 9.64 Å². The summed E-state index contributed by atoms with van der Waals surface area (Å²) >= 11 is 0. The molecule has 0 fully saturated rings. The topological polar surface area (TPSA) is 92.9 Å². The molecule has 1 N–H and O–H groups in total. The van der Waals surface area contributed by atoms with E-state index in [-0.39, 0.29) is 11.3 Å². The average Bonchev–Trinajstić information content (AvgIpc) is 2.91. The van der Waals surface area contributed by atoms with E-state index in [0.29, 0.717) is 11.3 Å². The lowest BCUT2D eigenvalue weighted by Gasteiger charge is -2.46. The number of ether oxygens (including phenoxy) is 1. The van der Waals surface area contributed by atoms with Crippen molar-refractivity contribution in [3.05, 3.63) is 81.4 Å². The van der Waals surface area contributed by atoms with Crippen molar-refractivity contribution in [2.45, 2.75) is 25.0 Å². The summed E-state index contributed by atoms with van der Waals surface area (Å²) in [5, 5.41) is 23.0. The molecule has 7 heteroatoms. The molecule has 2 aliphatic heterocycles. The van der Waals surface area contributed by atoms with Crippen LogP contribution in [0.2, 0.25) is 0 Å². The van der Waals surface area contributed by atoms with Crippen molar-refractivity contribution in [1.82, 2.24) is 0 Å². The largest absolute Gasteiger partial charge is 0.478 e. The molecule has 156 valence electrons. The summed E-state index contributed by atoms with van der Waals surface area (Å²) in [6, 6.07) is 14.0. The number of carbonyl (C=O) groups is 1. The summed E-state index contributed by atoms with van der Waals surface area (Å²) in [6.45, 7) is 3.91. The first kappa shape index (κ1) is 19.1. The minimum absolute atomic E-state index is 0.00897. The second kappa shape index (κ2) is 6.07. The number of benzene rings is 3. The SMILES string of the molecule is CN1c2ccc([N+](=O)[O-])cc2C(C)(C)[C@]12C=Cc1c(c(C(=O)O)cc3ccccc13)O2. The summed E-state index contributed by atoms with van der Waals surface area (Å²) in [6.07, 6.45) is 3.84. The van der Waals surface area contributed by atoms with Crippen molar-refractivity contribution in [2.75, 3.05) is 11.9 Å². The van der Waals surface area contributed by atoms with Crippen LogP contribution in [0.1, 0.15) is 35.3 Å². The van der Waals surface area contributed by atoms with Gasteiger partial charge in [0, 0.05) is 30.4 Å². The smallest absolute Gasteiger partial charge is 0.339 e. The molecule has 3 aromatic carbocycles. The monoisotopic (exact) mass is 416 g/mol. The quantitative estimate of drug-likeness (QED) is 0.468. The van der Waals surface area contributed by atoms with Gasteiger partial charge in [0.25, 0.3) is 5.69 Å². The standard InChI is InChI=1S/C24H20N2O5/c1-23(2)19-13-15(26(29)30)8-9-20(19)25(3)24(23)11-10-17-16-7-5-4-6-14(16)12-18(22(27)28)21(17)31-24/h4-13H,1-3H3,(H,27,28)/t24-/m1/s1. The van der Waals surface area contributed by atoms with Crippen LogP contribution in [0.25, 0.3) is 16.8 Å². The molecule has 0 saturated heterocycles. The van der Waals surface area contributed by atoms with Crippen LogP contribution in [0.15, 0.2) is 54.6 Å². The molecule has 0 radical (unpaired) electrons. The number of nitro benzene ring substituents is 1. The van der Waals surface area contributed by atoms with Crippen LogP contribution in [-0.4, -0.2) is 28.8 Å². The van der Waals surface area contributed by atoms with E-state index in [4.69, 9.17) is 4.74 Å². The fraction of sp³-hybridized carbons (Fsp3) is 0.208. The predicted octanol–water partition coefficient (Wildman–Crippen LogP) is 4.98. The molecule has 31 heavy (non-hydrogen) atoms. The third kappa shape index (κ3) is 2.37. The summed E-state index contributed by atoms with van der Waals surface area (Å²) < 4.78 is 6.58. The second-order valence-corrected chi connectivity index (χ2v) is 8.47. The number of carboxylic acids is 1. The minimum Gasteiger partial charge on any atom is -0.478 e. The molecule has 0 aromatic heterocycles. The van der Waals surface area contributed by atoms with E-state index in [1.807, 2.05) is 62.2 Å². The van der Waals surface area contributed by atoms with Gasteiger partial charge >= 0.3 is 5.97 Å². The van der Waals surface area contributed by atoms with Crippen molar-refractivity contribution in [1.29, 1.82) is 0 Å². The first-order chi connectivity index (χ1) is 14.7. The molecule has 1 atom stereocenters. The molecule has 2 aliphatic rings. The van der Waals surface area contributed by atoms with Gasteiger partial charge in [0.15, 0.2) is 0 Å². The fourth-order valence-electron chi connectivity index (χ4n) is 4.91. The Kier molecular flexibility index (Phi) is 3.74. The molecule has 0 aliphatic carbocycles. The van der Waals surface area contributed by atoms with E-state index in [0.717, 1.165) is 22.0 Å². The molecule has 1 spiro atoms. The molecule has 7 nitrogen and oxygen atoms in total. The fourth-order valence-corrected chi connectivity index (χ4v) is 4.91. The molecule has 3 aromatic rings. The Bertz CT molecular complexity index is 1330. The Labute approximate surface area is 178 Å². The lowest BCUT2D eigenvalue weighted by atomic mass is 9.76. The summed E-state index contributed by atoms with van der Waals surface area (Å²) in [7, 11) is 1.86. The molecule has 2 heterocycles. The van der Waals surface area contributed by atoms with Gasteiger partial charge in [0.1, 0.15) is 11.3 Å². The third-order valence-electron chi connectivity index (χ3n) is 6.62. The highest BCUT2D eigenvalue weighted by atomic mass is 16.6. The lowest BCUT2D eigenvalue weighted by Crippen LogP contribution is -2.58. The van der Waals surface area contributed by atoms with Gasteiger partial charge in [-0.25, -0.2) is 4.79 Å². The number of fused-ring (bicyclic) bond motifs is 4. The molecule has 0 saturated carbocycles. The molecular formula is C24H20N2O5. The second-order valence-electron chi connectivity index (χ2n) is 8.47. The molecule has 0 unspecified atom stereocenters. The highest BCUT2D eigenvalue weighted by Gasteiger charge is 2.58. The number of hydrogen-bond acceptors (Lipinski definition) is 5. The van der Waals surface area contributed by atoms with Crippen LogP contribution in [0.3, 0.4) is 0 Å². The molecular weight excluding hydrogens is 396 g/mol. The van der Waals surface area contributed by atoms with Gasteiger partial charge in [-0.2, -0.15) is 0 Å². The van der Waals surface area contributed by atoms with Gasteiger partial charge < -0.3 is 14.7 Å². The zero-order valence-electron chi connectivity index (χ0n) is 17.2. The lowest BCUT2D eigenvalue weighted by molar-refractivity contribution is -0.384. The maximum atomic E-state index is 12.1. The molecule has 0 bridgehead atoms. The number of non-ortho nitro benzene ring substituents is 1. The van der Waals surface area contributed by atoms with Crippen LogP contribution >= 0.6 is 0 Å². The first-order valence-corrected chi connectivity index (χ1v) is 9.87. The zero-order valence-corrected chi connectivity index (χ0v) is 17.2. The van der Waals surface area contributed by atoms with Crippen molar-refractivity contribution in [3.63, 3.8) is 0 Å². The van der Waals surface area contributed by atoms with E-state index < -0.39 is 22.0 Å². The Balaban J connectivity index is 1.75. The van der Waals surface area contributed by atoms with Gasteiger partial charge in [-0.1, -0.05) is 24.3 Å². The maximum Gasteiger partial charge on any atom is 0.339 e. The highest BCUT2D eigenvalue weighted by molar-refractivity contribution is 6.03. The maximum absolute atomic E-state index is 12.1. The molecule has 5 rings (SSSR count). The minimum atomic E-state index is -1.07. The van der Waals surface area contributed by atoms with Gasteiger partial charge in [0.05, 0.1) is 10.3 Å². The third-order valence-corrected chi connectivity index (χ3v) is 6.62. The number of aromatic carboxylic acids is 1. The normalized spacial score (nSPS) is 20.4. The summed E-state index contributed by atoms with van der Waals surface area (Å²) in [5.41, 5.74) is 0.657. The van der Waals surface area contributed by atoms with Crippen molar-refractivity contribution >= 4 is 34.2 Å². The Morgan fingerprint density at radius 1 is 1.16 bits per heavy atom. The number of rotatable bonds is 2. The van der Waals surface area contributed by atoms with Crippen LogP contribution in [0, 0.1) is 10.1 Å². The summed E-state index contributed by atoms with van der Waals surface area (Å²) in [4.78, 5) is 25.0. The van der Waals surface area contributed by atoms with Gasteiger partial charge in [0.2, 0.25) is 5.72 Å². The van der Waals surface area contributed by atoms with E-state index in [9.17, 15) is 20.0 Å². The highest BCUT2D eigenvalue weighted by Crippen LogP contribution is 2.55. The van der Waals surface area contributed by atoms with Gasteiger partial charge in [-0.15, -0.1) is 0 Å². The van der Waals surface area contributed by atoms with Crippen molar-refractivity contribution < 1.29 is 19.6 Å². The first-order valence-electron chi connectivity index (χ1n) is 9.87. The Morgan fingerprint density at radius 2 is 1.90 bits per heavy atom. The van der Waals surface area contributed by atoms with E-state index in [1.54, 1.807) is 18.2 Å². The predicted molar refractivity (Wildman–Crippen MR) is 118 cm³/mol. The number of hydrogen-bond donors (Lipinski definition) is 1. The van der Waals surface area contributed by atoms with Crippen molar-refractivity contribution in [2.24, 2.45) is 0 Å². The number of nitrogens with zero attached hydrogens (tertiary/aromatic N) is 2. The van der Waals surface area contributed by atoms with E-state index >= 15 is 0 Å². The van der Waals surface area contributed by atoms with Gasteiger partial charge in [-0.05, 0) is 54.5 Å². The van der Waals surface area contributed by atoms with Crippen LogP contribution in [-0.2, 0) is 5.41 Å². The number of likely N-dealkylation sites (N-methyl/N-ethyl adjacent to an activating group) is 1. The average molecular weight is 416 g/mol. The zero-order chi connectivity index (χ0) is 22.1. The number of anilines is 1. The molecule has 0 amide bonds.